The molecule has 0 unspecified atom stereocenters. The molecule has 0 aliphatic heterocycles. The predicted octanol–water partition coefficient (Wildman–Crippen LogP) is 3.26. The normalized spacial score (nSPS) is 10.7. The summed E-state index contributed by atoms with van der Waals surface area (Å²) in [7, 11) is 0. The van der Waals surface area contributed by atoms with Crippen LogP contribution in [0.5, 0.6) is 0 Å². The van der Waals surface area contributed by atoms with Crippen LogP contribution in [0, 0.1) is 6.92 Å². The molecule has 0 amide bonds. The van der Waals surface area contributed by atoms with E-state index in [2.05, 4.69) is 46.0 Å². The maximum Gasteiger partial charge on any atom is 0.106 e. The number of nitrogens with zero attached hydrogens (tertiary/aromatic N) is 1. The fourth-order valence-electron chi connectivity index (χ4n) is 1.57. The lowest BCUT2D eigenvalue weighted by Gasteiger charge is -2.04. The molecule has 0 bridgehead atoms. The van der Waals surface area contributed by atoms with E-state index in [-0.39, 0.29) is 0 Å². The molecule has 1 aromatic carbocycles. The number of aromatic nitrogens is 1. The van der Waals surface area contributed by atoms with Gasteiger partial charge < -0.3 is 5.73 Å². The van der Waals surface area contributed by atoms with Crippen molar-refractivity contribution in [1.82, 2.24) is 4.98 Å². The van der Waals surface area contributed by atoms with E-state index in [1.54, 1.807) is 11.3 Å². The molecule has 4 heteroatoms. The summed E-state index contributed by atoms with van der Waals surface area (Å²) in [6, 6.07) is 6.37. The fraction of sp³-hybridized carbons (Fsp3) is 0.250. The van der Waals surface area contributed by atoms with Crippen LogP contribution in [0.1, 0.15) is 21.0 Å². The Labute approximate surface area is 108 Å². The number of thiazole rings is 1. The first-order valence-corrected chi connectivity index (χ1v) is 6.68. The Hall–Kier alpha value is -0.710. The molecule has 0 fully saturated rings. The number of rotatable bonds is 3. The smallest absolute Gasteiger partial charge is 0.106 e. The van der Waals surface area contributed by atoms with Crippen LogP contribution in [0.25, 0.3) is 0 Å². The van der Waals surface area contributed by atoms with Crippen LogP contribution in [0.3, 0.4) is 0 Å². The van der Waals surface area contributed by atoms with Gasteiger partial charge in [-0.05, 0) is 30.2 Å². The highest BCUT2D eigenvalue weighted by atomic mass is 79.9. The zero-order chi connectivity index (χ0) is 11.5. The van der Waals surface area contributed by atoms with Crippen molar-refractivity contribution in [3.8, 4) is 0 Å². The Kier molecular flexibility index (Phi) is 3.74. The van der Waals surface area contributed by atoms with Gasteiger partial charge in [0.1, 0.15) is 5.01 Å². The third-order valence-electron chi connectivity index (χ3n) is 2.45. The second-order valence-corrected chi connectivity index (χ2v) is 5.79. The molecule has 0 radical (unpaired) electrons. The van der Waals surface area contributed by atoms with Crippen molar-refractivity contribution in [2.24, 2.45) is 5.73 Å². The highest BCUT2D eigenvalue weighted by Crippen LogP contribution is 2.21. The molecule has 1 heterocycles. The highest BCUT2D eigenvalue weighted by Gasteiger charge is 2.04. The maximum absolute atomic E-state index is 5.55. The highest BCUT2D eigenvalue weighted by molar-refractivity contribution is 9.10. The number of hydrogen-bond donors (Lipinski definition) is 1. The first kappa shape index (κ1) is 11.8. The molecule has 0 aliphatic rings. The summed E-state index contributed by atoms with van der Waals surface area (Å²) in [5.41, 5.74) is 8.19. The summed E-state index contributed by atoms with van der Waals surface area (Å²) in [5.74, 6) is 0. The Bertz CT molecular complexity index is 494. The maximum atomic E-state index is 5.55. The van der Waals surface area contributed by atoms with Gasteiger partial charge in [-0.15, -0.1) is 11.3 Å². The fourth-order valence-corrected chi connectivity index (χ4v) is 2.87. The molecule has 2 aromatic rings. The summed E-state index contributed by atoms with van der Waals surface area (Å²) < 4.78 is 1.13. The number of hydrogen-bond acceptors (Lipinski definition) is 3. The molecular weight excluding hydrogens is 284 g/mol. The lowest BCUT2D eigenvalue weighted by atomic mass is 10.1. The molecule has 0 saturated carbocycles. The zero-order valence-electron chi connectivity index (χ0n) is 9.03. The summed E-state index contributed by atoms with van der Waals surface area (Å²) in [5, 5.41) is 1.00. The van der Waals surface area contributed by atoms with Crippen molar-refractivity contribution in [3.63, 3.8) is 0 Å². The monoisotopic (exact) mass is 296 g/mol. The van der Waals surface area contributed by atoms with Crippen LogP contribution in [0.4, 0.5) is 0 Å². The zero-order valence-corrected chi connectivity index (χ0v) is 11.4. The molecule has 84 valence electrons. The minimum Gasteiger partial charge on any atom is -0.325 e. The SMILES string of the molecule is Cc1cc(Br)ccc1Cc1cnc(CN)s1. The van der Waals surface area contributed by atoms with Crippen LogP contribution in [0.2, 0.25) is 0 Å². The molecule has 16 heavy (non-hydrogen) atoms. The second-order valence-electron chi connectivity index (χ2n) is 3.67. The van der Waals surface area contributed by atoms with Crippen LogP contribution < -0.4 is 5.73 Å². The summed E-state index contributed by atoms with van der Waals surface area (Å²) in [6.45, 7) is 2.66. The van der Waals surface area contributed by atoms with Gasteiger partial charge in [-0.1, -0.05) is 22.0 Å². The minimum absolute atomic E-state index is 0.532. The van der Waals surface area contributed by atoms with Crippen molar-refractivity contribution in [3.05, 3.63) is 49.9 Å². The van der Waals surface area contributed by atoms with E-state index in [1.807, 2.05) is 6.20 Å². The van der Waals surface area contributed by atoms with Crippen molar-refractivity contribution in [2.75, 3.05) is 0 Å². The Balaban J connectivity index is 2.20. The average molecular weight is 297 g/mol. The average Bonchev–Trinajstić information content (AvgIpc) is 2.70. The number of benzene rings is 1. The lowest BCUT2D eigenvalue weighted by Crippen LogP contribution is -1.93. The van der Waals surface area contributed by atoms with Gasteiger partial charge in [0.05, 0.1) is 0 Å². The first-order valence-electron chi connectivity index (χ1n) is 5.07. The van der Waals surface area contributed by atoms with Crippen molar-refractivity contribution >= 4 is 27.3 Å². The molecule has 1 aromatic heterocycles. The van der Waals surface area contributed by atoms with Gasteiger partial charge in [-0.2, -0.15) is 0 Å². The predicted molar refractivity (Wildman–Crippen MR) is 71.7 cm³/mol. The van der Waals surface area contributed by atoms with Crippen molar-refractivity contribution < 1.29 is 0 Å². The van der Waals surface area contributed by atoms with Crippen molar-refractivity contribution in [2.45, 2.75) is 19.9 Å². The molecule has 0 atom stereocenters. The third kappa shape index (κ3) is 2.70. The summed E-state index contributed by atoms with van der Waals surface area (Å²) >= 11 is 5.16. The van der Waals surface area contributed by atoms with Crippen LogP contribution in [-0.4, -0.2) is 4.98 Å². The van der Waals surface area contributed by atoms with E-state index >= 15 is 0 Å². The van der Waals surface area contributed by atoms with E-state index in [0.717, 1.165) is 15.9 Å². The summed E-state index contributed by atoms with van der Waals surface area (Å²) in [4.78, 5) is 5.53. The topological polar surface area (TPSA) is 38.9 Å². The van der Waals surface area contributed by atoms with Crippen LogP contribution in [-0.2, 0) is 13.0 Å². The number of halogens is 1. The Morgan fingerprint density at radius 2 is 2.25 bits per heavy atom. The van der Waals surface area contributed by atoms with E-state index in [0.29, 0.717) is 6.54 Å². The van der Waals surface area contributed by atoms with E-state index in [9.17, 15) is 0 Å². The molecule has 0 aliphatic carbocycles. The van der Waals surface area contributed by atoms with E-state index < -0.39 is 0 Å². The Morgan fingerprint density at radius 3 is 2.88 bits per heavy atom. The van der Waals surface area contributed by atoms with Gasteiger partial charge in [-0.25, -0.2) is 4.98 Å². The van der Waals surface area contributed by atoms with Gasteiger partial charge in [0.25, 0.3) is 0 Å². The molecule has 2 rings (SSSR count). The van der Waals surface area contributed by atoms with Crippen molar-refractivity contribution in [1.29, 1.82) is 0 Å². The van der Waals surface area contributed by atoms with Gasteiger partial charge in [-0.3, -0.25) is 0 Å². The summed E-state index contributed by atoms with van der Waals surface area (Å²) in [6.07, 6.45) is 2.87. The largest absolute Gasteiger partial charge is 0.325 e. The second kappa shape index (κ2) is 5.08. The molecular formula is C12H13BrN2S. The minimum atomic E-state index is 0.532. The molecule has 2 nitrogen and oxygen atoms in total. The van der Waals surface area contributed by atoms with Crippen LogP contribution >= 0.6 is 27.3 Å². The van der Waals surface area contributed by atoms with Crippen LogP contribution in [0.15, 0.2) is 28.9 Å². The van der Waals surface area contributed by atoms with E-state index in [1.165, 1.54) is 16.0 Å². The van der Waals surface area contributed by atoms with E-state index in [4.69, 9.17) is 5.73 Å². The van der Waals surface area contributed by atoms with Gasteiger partial charge >= 0.3 is 0 Å². The van der Waals surface area contributed by atoms with Gasteiger partial charge in [0.15, 0.2) is 0 Å². The van der Waals surface area contributed by atoms with Gasteiger partial charge in [0.2, 0.25) is 0 Å². The number of aryl methyl sites for hydroxylation is 1. The number of nitrogens with two attached hydrogens (primary N) is 1. The Morgan fingerprint density at radius 1 is 1.44 bits per heavy atom. The quantitative estimate of drug-likeness (QED) is 0.944. The molecule has 0 saturated heterocycles. The standard InChI is InChI=1S/C12H13BrN2S/c1-8-4-10(13)3-2-9(8)5-11-7-15-12(6-14)16-11/h2-4,7H,5-6,14H2,1H3. The lowest BCUT2D eigenvalue weighted by molar-refractivity contribution is 1.04. The molecule has 2 N–H and O–H groups in total. The molecule has 0 spiro atoms. The third-order valence-corrected chi connectivity index (χ3v) is 3.96. The first-order chi connectivity index (χ1) is 7.69. The van der Waals surface area contributed by atoms with Gasteiger partial charge in [0, 0.05) is 28.5 Å².